The molecular weight excluding hydrogens is 372 g/mol. The summed E-state index contributed by atoms with van der Waals surface area (Å²) in [6.45, 7) is 10.5. The molecule has 152 valence electrons. The predicted octanol–water partition coefficient (Wildman–Crippen LogP) is 3.33. The number of hydrogen-bond donors (Lipinski definition) is 1. The third-order valence-corrected chi connectivity index (χ3v) is 5.28. The highest BCUT2D eigenvalue weighted by atomic mass is 16.5. The van der Waals surface area contributed by atoms with Crippen molar-refractivity contribution in [1.82, 2.24) is 15.3 Å². The Kier molecular flexibility index (Phi) is 4.44. The minimum Gasteiger partial charge on any atom is -0.492 e. The maximum atomic E-state index is 12.5. The molecule has 1 atom stereocenters. The summed E-state index contributed by atoms with van der Waals surface area (Å²) in [6, 6.07) is 2.93. The molecule has 1 N–H and O–H groups in total. The number of fused-ring (bicyclic) bond motifs is 1. The van der Waals surface area contributed by atoms with Crippen LogP contribution in [0.25, 0.3) is 0 Å². The number of anilines is 1. The van der Waals surface area contributed by atoms with E-state index in [9.17, 15) is 9.59 Å². The highest BCUT2D eigenvalue weighted by Crippen LogP contribution is 2.46. The van der Waals surface area contributed by atoms with Crippen LogP contribution in [0.5, 0.6) is 17.5 Å². The van der Waals surface area contributed by atoms with Crippen LogP contribution >= 0.6 is 0 Å². The average molecular weight is 396 g/mol. The molecule has 1 fully saturated rings. The van der Waals surface area contributed by atoms with Gasteiger partial charge in [-0.2, -0.15) is 0 Å². The van der Waals surface area contributed by atoms with Crippen LogP contribution < -0.4 is 19.7 Å². The lowest BCUT2D eigenvalue weighted by Crippen LogP contribution is -2.34. The van der Waals surface area contributed by atoms with Crippen LogP contribution in [0.2, 0.25) is 0 Å². The summed E-state index contributed by atoms with van der Waals surface area (Å²) in [5, 5.41) is 2.69. The van der Waals surface area contributed by atoms with Crippen LogP contribution in [0.15, 0.2) is 24.5 Å². The van der Waals surface area contributed by atoms with Crippen molar-refractivity contribution >= 4 is 17.6 Å². The molecule has 1 saturated heterocycles. The van der Waals surface area contributed by atoms with E-state index in [0.717, 1.165) is 21.8 Å². The number of benzene rings is 1. The Balaban J connectivity index is 1.59. The normalized spacial score (nSPS) is 19.9. The second-order valence-electron chi connectivity index (χ2n) is 8.43. The molecule has 0 spiro atoms. The third kappa shape index (κ3) is 3.18. The Bertz CT molecular complexity index is 985. The van der Waals surface area contributed by atoms with Crippen molar-refractivity contribution in [1.29, 1.82) is 0 Å². The molecule has 1 aromatic heterocycles. The van der Waals surface area contributed by atoms with Gasteiger partial charge in [-0.25, -0.2) is 19.7 Å². The standard InChI is InChI=1S/C21H24N4O4/c1-11(2)16-18(26)25(20(27)24-16)13-8-22-19(23-9-13)29-14-7-6-12(3)17-15(14)21(4,5)10-28-17/h6-9,11,16H,10H2,1-5H3,(H,24,27). The van der Waals surface area contributed by atoms with Gasteiger partial charge in [-0.05, 0) is 24.5 Å². The maximum Gasteiger partial charge on any atom is 0.329 e. The van der Waals surface area contributed by atoms with Crippen LogP contribution in [0.4, 0.5) is 10.5 Å². The van der Waals surface area contributed by atoms with E-state index in [2.05, 4.69) is 29.1 Å². The van der Waals surface area contributed by atoms with E-state index in [1.165, 1.54) is 12.4 Å². The van der Waals surface area contributed by atoms with Gasteiger partial charge in [0.05, 0.1) is 24.7 Å². The Morgan fingerprint density at radius 2 is 1.93 bits per heavy atom. The van der Waals surface area contributed by atoms with Gasteiger partial charge in [0, 0.05) is 11.0 Å². The van der Waals surface area contributed by atoms with Crippen molar-refractivity contribution in [3.8, 4) is 17.5 Å². The molecule has 8 heteroatoms. The largest absolute Gasteiger partial charge is 0.492 e. The van der Waals surface area contributed by atoms with Crippen LogP contribution in [0, 0.1) is 12.8 Å². The van der Waals surface area contributed by atoms with Crippen molar-refractivity contribution < 1.29 is 19.1 Å². The summed E-state index contributed by atoms with van der Waals surface area (Å²) >= 11 is 0. The molecule has 29 heavy (non-hydrogen) atoms. The van der Waals surface area contributed by atoms with Gasteiger partial charge in [0.25, 0.3) is 5.91 Å². The second-order valence-corrected chi connectivity index (χ2v) is 8.43. The van der Waals surface area contributed by atoms with Crippen LogP contribution in [0.3, 0.4) is 0 Å². The monoisotopic (exact) mass is 396 g/mol. The number of carbonyl (C=O) groups excluding carboxylic acids is 2. The van der Waals surface area contributed by atoms with E-state index in [-0.39, 0.29) is 23.3 Å². The first-order chi connectivity index (χ1) is 13.7. The molecule has 0 bridgehead atoms. The zero-order valence-electron chi connectivity index (χ0n) is 17.1. The van der Waals surface area contributed by atoms with Gasteiger partial charge in [0.15, 0.2) is 0 Å². The molecule has 0 radical (unpaired) electrons. The molecule has 0 aliphatic carbocycles. The topological polar surface area (TPSA) is 93.7 Å². The van der Waals surface area contributed by atoms with Crippen LogP contribution in [-0.4, -0.2) is 34.6 Å². The Morgan fingerprint density at radius 3 is 2.55 bits per heavy atom. The number of hydrogen-bond acceptors (Lipinski definition) is 6. The highest BCUT2D eigenvalue weighted by molar-refractivity contribution is 6.21. The first-order valence-electron chi connectivity index (χ1n) is 9.60. The summed E-state index contributed by atoms with van der Waals surface area (Å²) in [5.74, 6) is 1.16. The van der Waals surface area contributed by atoms with Crippen molar-refractivity contribution in [3.63, 3.8) is 0 Å². The fourth-order valence-electron chi connectivity index (χ4n) is 3.68. The summed E-state index contributed by atoms with van der Waals surface area (Å²) in [7, 11) is 0. The molecule has 3 amide bonds. The Morgan fingerprint density at radius 1 is 1.24 bits per heavy atom. The molecule has 2 aromatic rings. The molecule has 4 rings (SSSR count). The van der Waals surface area contributed by atoms with Crippen LogP contribution in [-0.2, 0) is 10.2 Å². The zero-order chi connectivity index (χ0) is 20.9. The fourth-order valence-corrected chi connectivity index (χ4v) is 3.68. The molecule has 0 saturated carbocycles. The number of aromatic nitrogens is 2. The SMILES string of the molecule is Cc1ccc(Oc2ncc(N3C(=O)NC(C(C)C)C3=O)cn2)c2c1OCC2(C)C. The van der Waals surface area contributed by atoms with Crippen molar-refractivity contribution in [3.05, 3.63) is 35.7 Å². The van der Waals surface area contributed by atoms with Crippen molar-refractivity contribution in [2.24, 2.45) is 5.92 Å². The average Bonchev–Trinajstić information content (AvgIpc) is 3.15. The summed E-state index contributed by atoms with van der Waals surface area (Å²) in [6.07, 6.45) is 2.83. The number of amides is 3. The van der Waals surface area contributed by atoms with Crippen molar-refractivity contribution in [2.45, 2.75) is 46.1 Å². The van der Waals surface area contributed by atoms with E-state index < -0.39 is 12.1 Å². The van der Waals surface area contributed by atoms with Gasteiger partial charge >= 0.3 is 12.0 Å². The van der Waals surface area contributed by atoms with E-state index in [1.54, 1.807) is 0 Å². The summed E-state index contributed by atoms with van der Waals surface area (Å²) < 4.78 is 11.8. The quantitative estimate of drug-likeness (QED) is 0.797. The number of nitrogens with zero attached hydrogens (tertiary/aromatic N) is 3. The lowest BCUT2D eigenvalue weighted by molar-refractivity contribution is -0.119. The Hall–Kier alpha value is -3.16. The maximum absolute atomic E-state index is 12.5. The van der Waals surface area contributed by atoms with E-state index in [0.29, 0.717) is 18.0 Å². The van der Waals surface area contributed by atoms with Gasteiger partial charge in [0.1, 0.15) is 17.5 Å². The van der Waals surface area contributed by atoms with E-state index >= 15 is 0 Å². The highest BCUT2D eigenvalue weighted by Gasteiger charge is 2.41. The number of rotatable bonds is 4. The number of aryl methyl sites for hydroxylation is 1. The summed E-state index contributed by atoms with van der Waals surface area (Å²) in [4.78, 5) is 34.2. The zero-order valence-corrected chi connectivity index (χ0v) is 17.1. The lowest BCUT2D eigenvalue weighted by atomic mass is 9.85. The molecular formula is C21H24N4O4. The van der Waals surface area contributed by atoms with Gasteiger partial charge in [-0.15, -0.1) is 0 Å². The lowest BCUT2D eigenvalue weighted by Gasteiger charge is -2.19. The smallest absolute Gasteiger partial charge is 0.329 e. The minimum atomic E-state index is -0.546. The molecule has 3 heterocycles. The minimum absolute atomic E-state index is 0.00539. The van der Waals surface area contributed by atoms with Gasteiger partial charge in [-0.1, -0.05) is 33.8 Å². The molecule has 2 aliphatic rings. The first-order valence-corrected chi connectivity index (χ1v) is 9.60. The molecule has 8 nitrogen and oxygen atoms in total. The van der Waals surface area contributed by atoms with Gasteiger partial charge in [0.2, 0.25) is 0 Å². The number of imide groups is 1. The van der Waals surface area contributed by atoms with Crippen molar-refractivity contribution in [2.75, 3.05) is 11.5 Å². The third-order valence-electron chi connectivity index (χ3n) is 5.28. The van der Waals surface area contributed by atoms with Gasteiger partial charge in [-0.3, -0.25) is 4.79 Å². The van der Waals surface area contributed by atoms with E-state index in [1.807, 2.05) is 32.9 Å². The van der Waals surface area contributed by atoms with E-state index in [4.69, 9.17) is 9.47 Å². The Labute approximate surface area is 169 Å². The molecule has 1 unspecified atom stereocenters. The fraction of sp³-hybridized carbons (Fsp3) is 0.429. The molecule has 2 aliphatic heterocycles. The second kappa shape index (κ2) is 6.72. The number of carbonyl (C=O) groups is 2. The van der Waals surface area contributed by atoms with Gasteiger partial charge < -0.3 is 14.8 Å². The summed E-state index contributed by atoms with van der Waals surface area (Å²) in [5.41, 5.74) is 2.15. The number of nitrogens with one attached hydrogen (secondary N) is 1. The number of ether oxygens (including phenoxy) is 2. The predicted molar refractivity (Wildman–Crippen MR) is 106 cm³/mol. The number of urea groups is 1. The molecule has 1 aromatic carbocycles. The van der Waals surface area contributed by atoms with Crippen LogP contribution in [0.1, 0.15) is 38.8 Å². The first kappa shape index (κ1) is 19.2.